The number of hydrogen-bond acceptors (Lipinski definition) is 3. The van der Waals surface area contributed by atoms with Crippen molar-refractivity contribution in [2.45, 2.75) is 32.2 Å². The third-order valence-electron chi connectivity index (χ3n) is 3.95. The molecule has 1 amide bonds. The number of rotatable bonds is 4. The van der Waals surface area contributed by atoms with Crippen molar-refractivity contribution in [3.05, 3.63) is 18.0 Å². The van der Waals surface area contributed by atoms with Crippen LogP contribution in [0, 0.1) is 11.8 Å². The number of carbonyl (C=O) groups excluding carboxylic acids is 1. The molecular weight excluding hydrogens is 258 g/mol. The highest BCUT2D eigenvalue weighted by Crippen LogP contribution is 2.31. The maximum atomic E-state index is 12.5. The summed E-state index contributed by atoms with van der Waals surface area (Å²) >= 11 is 0. The molecule has 1 saturated carbocycles. The summed E-state index contributed by atoms with van der Waals surface area (Å²) in [4.78, 5) is 25.3. The molecule has 1 fully saturated rings. The van der Waals surface area contributed by atoms with E-state index in [4.69, 9.17) is 0 Å². The van der Waals surface area contributed by atoms with Crippen LogP contribution in [-0.2, 0) is 23.2 Å². The molecule has 0 saturated heterocycles. The predicted molar refractivity (Wildman–Crippen MR) is 72.8 cm³/mol. The standard InChI is InChI=1S/C14H21N3O3/c1-16(8-10-7-15-17(2)9-10)13(18)11-5-3-4-6-12(11)14(19)20/h7,9,11-12H,3-6,8H2,1-2H3,(H,19,20)/t11-,12-/m0/s1. The highest BCUT2D eigenvalue weighted by molar-refractivity contribution is 5.84. The van der Waals surface area contributed by atoms with E-state index >= 15 is 0 Å². The third kappa shape index (κ3) is 3.18. The van der Waals surface area contributed by atoms with Gasteiger partial charge in [0.2, 0.25) is 5.91 Å². The molecular formula is C14H21N3O3. The Morgan fingerprint density at radius 2 is 2.05 bits per heavy atom. The van der Waals surface area contributed by atoms with Crippen LogP contribution >= 0.6 is 0 Å². The SMILES string of the molecule is CN(Cc1cnn(C)c1)C(=O)[C@H]1CCCC[C@@H]1C(=O)O. The molecule has 0 radical (unpaired) electrons. The first-order valence-electron chi connectivity index (χ1n) is 6.94. The van der Waals surface area contributed by atoms with E-state index in [1.54, 1.807) is 22.8 Å². The molecule has 1 aliphatic rings. The van der Waals surface area contributed by atoms with E-state index in [-0.39, 0.29) is 11.8 Å². The smallest absolute Gasteiger partial charge is 0.307 e. The van der Waals surface area contributed by atoms with Gasteiger partial charge in [0.05, 0.1) is 18.0 Å². The first kappa shape index (κ1) is 14.6. The molecule has 1 aromatic rings. The lowest BCUT2D eigenvalue weighted by atomic mass is 9.78. The van der Waals surface area contributed by atoms with Crippen LogP contribution in [0.25, 0.3) is 0 Å². The predicted octanol–water partition coefficient (Wildman–Crippen LogP) is 1.27. The van der Waals surface area contributed by atoms with Crippen molar-refractivity contribution in [1.82, 2.24) is 14.7 Å². The van der Waals surface area contributed by atoms with E-state index in [2.05, 4.69) is 5.10 Å². The van der Waals surface area contributed by atoms with Crippen molar-refractivity contribution in [3.8, 4) is 0 Å². The zero-order valence-corrected chi connectivity index (χ0v) is 12.0. The van der Waals surface area contributed by atoms with Crippen molar-refractivity contribution in [2.24, 2.45) is 18.9 Å². The summed E-state index contributed by atoms with van der Waals surface area (Å²) in [6.07, 6.45) is 6.69. The van der Waals surface area contributed by atoms with Gasteiger partial charge in [0, 0.05) is 32.4 Å². The van der Waals surface area contributed by atoms with Gasteiger partial charge < -0.3 is 10.0 Å². The van der Waals surface area contributed by atoms with Crippen LogP contribution in [0.2, 0.25) is 0 Å². The number of amides is 1. The Balaban J connectivity index is 2.02. The molecule has 2 rings (SSSR count). The van der Waals surface area contributed by atoms with Crippen molar-refractivity contribution in [2.75, 3.05) is 7.05 Å². The Morgan fingerprint density at radius 3 is 2.60 bits per heavy atom. The van der Waals surface area contributed by atoms with Gasteiger partial charge in [0.15, 0.2) is 0 Å². The summed E-state index contributed by atoms with van der Waals surface area (Å²) in [7, 11) is 3.55. The fourth-order valence-electron chi connectivity index (χ4n) is 2.91. The van der Waals surface area contributed by atoms with Gasteiger partial charge in [0.25, 0.3) is 0 Å². The molecule has 0 aliphatic heterocycles. The van der Waals surface area contributed by atoms with Crippen LogP contribution in [-0.4, -0.2) is 38.7 Å². The monoisotopic (exact) mass is 279 g/mol. The van der Waals surface area contributed by atoms with Crippen LogP contribution in [0.4, 0.5) is 0 Å². The van der Waals surface area contributed by atoms with Crippen molar-refractivity contribution >= 4 is 11.9 Å². The van der Waals surface area contributed by atoms with E-state index in [0.717, 1.165) is 18.4 Å². The minimum atomic E-state index is -0.849. The Morgan fingerprint density at radius 1 is 1.40 bits per heavy atom. The molecule has 1 N–H and O–H groups in total. The summed E-state index contributed by atoms with van der Waals surface area (Å²) < 4.78 is 1.69. The number of aryl methyl sites for hydroxylation is 1. The highest BCUT2D eigenvalue weighted by atomic mass is 16.4. The van der Waals surface area contributed by atoms with Crippen molar-refractivity contribution < 1.29 is 14.7 Å². The van der Waals surface area contributed by atoms with Crippen LogP contribution in [0.15, 0.2) is 12.4 Å². The molecule has 6 nitrogen and oxygen atoms in total. The average Bonchev–Trinajstić information content (AvgIpc) is 2.83. The van der Waals surface area contributed by atoms with Crippen molar-refractivity contribution in [3.63, 3.8) is 0 Å². The van der Waals surface area contributed by atoms with Crippen LogP contribution in [0.3, 0.4) is 0 Å². The average molecular weight is 279 g/mol. The molecule has 6 heteroatoms. The van der Waals surface area contributed by atoms with Gasteiger partial charge in [-0.15, -0.1) is 0 Å². The zero-order chi connectivity index (χ0) is 14.7. The maximum Gasteiger partial charge on any atom is 0.307 e. The van der Waals surface area contributed by atoms with Gasteiger partial charge in [-0.1, -0.05) is 12.8 Å². The number of aliphatic carboxylic acids is 1. The molecule has 1 aliphatic carbocycles. The second kappa shape index (κ2) is 6.07. The Hall–Kier alpha value is -1.85. The second-order valence-electron chi connectivity index (χ2n) is 5.55. The fraction of sp³-hybridized carbons (Fsp3) is 0.643. The van der Waals surface area contributed by atoms with E-state index < -0.39 is 11.9 Å². The quantitative estimate of drug-likeness (QED) is 0.900. The van der Waals surface area contributed by atoms with Crippen LogP contribution in [0.5, 0.6) is 0 Å². The number of aromatic nitrogens is 2. The molecule has 2 atom stereocenters. The van der Waals surface area contributed by atoms with E-state index in [1.165, 1.54) is 0 Å². The maximum absolute atomic E-state index is 12.5. The summed E-state index contributed by atoms with van der Waals surface area (Å²) in [6, 6.07) is 0. The summed E-state index contributed by atoms with van der Waals surface area (Å²) in [5, 5.41) is 13.3. The van der Waals surface area contributed by atoms with E-state index in [9.17, 15) is 14.7 Å². The van der Waals surface area contributed by atoms with Gasteiger partial charge in [-0.05, 0) is 12.8 Å². The van der Waals surface area contributed by atoms with Gasteiger partial charge >= 0.3 is 5.97 Å². The van der Waals surface area contributed by atoms with Crippen LogP contribution in [0.1, 0.15) is 31.2 Å². The first-order valence-corrected chi connectivity index (χ1v) is 6.94. The lowest BCUT2D eigenvalue weighted by Crippen LogP contribution is -2.40. The molecule has 110 valence electrons. The number of carbonyl (C=O) groups is 2. The fourth-order valence-corrected chi connectivity index (χ4v) is 2.91. The Kier molecular flexibility index (Phi) is 4.42. The zero-order valence-electron chi connectivity index (χ0n) is 12.0. The minimum absolute atomic E-state index is 0.0686. The number of hydrogen-bond donors (Lipinski definition) is 1. The van der Waals surface area contributed by atoms with Gasteiger partial charge in [0.1, 0.15) is 0 Å². The molecule has 20 heavy (non-hydrogen) atoms. The normalized spacial score (nSPS) is 22.5. The molecule has 0 spiro atoms. The largest absolute Gasteiger partial charge is 0.481 e. The van der Waals surface area contributed by atoms with Gasteiger partial charge in [-0.25, -0.2) is 0 Å². The lowest BCUT2D eigenvalue weighted by Gasteiger charge is -2.30. The summed E-state index contributed by atoms with van der Waals surface area (Å²) in [5.41, 5.74) is 0.950. The van der Waals surface area contributed by atoms with Gasteiger partial charge in [-0.3, -0.25) is 14.3 Å². The Bertz CT molecular complexity index is 498. The molecule has 1 aromatic heterocycles. The van der Waals surface area contributed by atoms with E-state index in [0.29, 0.717) is 19.4 Å². The number of carboxylic acids is 1. The minimum Gasteiger partial charge on any atom is -0.481 e. The van der Waals surface area contributed by atoms with Gasteiger partial charge in [-0.2, -0.15) is 5.10 Å². The topological polar surface area (TPSA) is 75.4 Å². The number of carboxylic acid groups (broad SMARTS) is 1. The second-order valence-corrected chi connectivity index (χ2v) is 5.55. The molecule has 0 aromatic carbocycles. The first-order chi connectivity index (χ1) is 9.49. The van der Waals surface area contributed by atoms with Crippen molar-refractivity contribution in [1.29, 1.82) is 0 Å². The lowest BCUT2D eigenvalue weighted by molar-refractivity contribution is -0.152. The van der Waals surface area contributed by atoms with Crippen LogP contribution < -0.4 is 0 Å². The Labute approximate surface area is 118 Å². The third-order valence-corrected chi connectivity index (χ3v) is 3.95. The number of nitrogens with zero attached hydrogens (tertiary/aromatic N) is 3. The highest BCUT2D eigenvalue weighted by Gasteiger charge is 2.37. The van der Waals surface area contributed by atoms with E-state index in [1.807, 2.05) is 13.2 Å². The molecule has 1 heterocycles. The molecule has 0 unspecified atom stereocenters. The summed E-state index contributed by atoms with van der Waals surface area (Å²) in [5.74, 6) is -1.84. The molecule has 0 bridgehead atoms. The summed E-state index contributed by atoms with van der Waals surface area (Å²) in [6.45, 7) is 0.468.